The van der Waals surface area contributed by atoms with Gasteiger partial charge in [-0.25, -0.2) is 0 Å². The van der Waals surface area contributed by atoms with Crippen molar-refractivity contribution >= 4 is 16.8 Å². The van der Waals surface area contributed by atoms with Gasteiger partial charge in [-0.3, -0.25) is 9.48 Å². The van der Waals surface area contributed by atoms with Gasteiger partial charge in [0.2, 0.25) is 5.91 Å². The topological polar surface area (TPSA) is 61.1 Å². The second-order valence-corrected chi connectivity index (χ2v) is 6.58. The van der Waals surface area contributed by atoms with Crippen LogP contribution in [0.25, 0.3) is 10.9 Å². The molecule has 26 heavy (non-hydrogen) atoms. The molecule has 138 valence electrons. The monoisotopic (exact) mass is 354 g/mol. The predicted molar refractivity (Wildman–Crippen MR) is 102 cm³/mol. The summed E-state index contributed by atoms with van der Waals surface area (Å²) >= 11 is 0. The molecule has 0 spiro atoms. The van der Waals surface area contributed by atoms with Crippen LogP contribution in [-0.2, 0) is 36.1 Å². The van der Waals surface area contributed by atoms with Crippen molar-refractivity contribution in [3.8, 4) is 0 Å². The van der Waals surface area contributed by atoms with E-state index in [1.54, 1.807) is 7.11 Å². The lowest BCUT2D eigenvalue weighted by atomic mass is 10.1. The average Bonchev–Trinajstić information content (AvgIpc) is 3.09. The second kappa shape index (κ2) is 7.74. The highest BCUT2D eigenvalue weighted by atomic mass is 16.5. The van der Waals surface area contributed by atoms with Gasteiger partial charge >= 0.3 is 0 Å². The first-order valence-corrected chi connectivity index (χ1v) is 8.82. The van der Waals surface area contributed by atoms with Crippen molar-refractivity contribution in [2.24, 2.45) is 7.05 Å². The Morgan fingerprint density at radius 1 is 1.27 bits per heavy atom. The Kier molecular flexibility index (Phi) is 5.42. The molecule has 3 rings (SSSR count). The van der Waals surface area contributed by atoms with Gasteiger partial charge in [-0.1, -0.05) is 18.2 Å². The van der Waals surface area contributed by atoms with Gasteiger partial charge in [0, 0.05) is 55.6 Å². The summed E-state index contributed by atoms with van der Waals surface area (Å²) in [7, 11) is 3.62. The fourth-order valence-corrected chi connectivity index (χ4v) is 3.33. The van der Waals surface area contributed by atoms with Crippen LogP contribution < -0.4 is 5.32 Å². The summed E-state index contributed by atoms with van der Waals surface area (Å²) < 4.78 is 9.19. The molecule has 6 heteroatoms. The van der Waals surface area contributed by atoms with Crippen molar-refractivity contribution in [3.05, 3.63) is 53.0 Å². The number of aryl methyl sites for hydroxylation is 2. The maximum Gasteiger partial charge on any atom is 0.224 e. The van der Waals surface area contributed by atoms with Crippen LogP contribution >= 0.6 is 0 Å². The highest BCUT2D eigenvalue weighted by molar-refractivity contribution is 5.89. The normalized spacial score (nSPS) is 11.2. The number of carbonyl (C=O) groups excluding carboxylic acids is 1. The Labute approximate surface area is 153 Å². The zero-order valence-corrected chi connectivity index (χ0v) is 15.9. The Hall–Kier alpha value is -2.60. The Morgan fingerprint density at radius 3 is 2.73 bits per heavy atom. The smallest absolute Gasteiger partial charge is 0.224 e. The zero-order valence-electron chi connectivity index (χ0n) is 15.9. The minimum atomic E-state index is 0.0160. The number of methoxy groups -OCH3 is 1. The molecule has 0 saturated heterocycles. The van der Waals surface area contributed by atoms with E-state index < -0.39 is 0 Å². The fourth-order valence-electron chi connectivity index (χ4n) is 3.33. The number of amides is 1. The lowest BCUT2D eigenvalue weighted by Crippen LogP contribution is -2.25. The quantitative estimate of drug-likeness (QED) is 0.709. The van der Waals surface area contributed by atoms with Crippen LogP contribution in [0.3, 0.4) is 0 Å². The molecular weight excluding hydrogens is 328 g/mol. The molecule has 0 aliphatic carbocycles. The predicted octanol–water partition coefficient (Wildman–Crippen LogP) is 2.50. The molecule has 0 fully saturated rings. The van der Waals surface area contributed by atoms with E-state index in [9.17, 15) is 4.79 Å². The van der Waals surface area contributed by atoms with Gasteiger partial charge in [0.15, 0.2) is 0 Å². The maximum atomic E-state index is 12.5. The van der Waals surface area contributed by atoms with E-state index in [2.05, 4.69) is 33.3 Å². The first-order chi connectivity index (χ1) is 12.5. The molecule has 2 heterocycles. The molecule has 6 nitrogen and oxygen atoms in total. The van der Waals surface area contributed by atoms with Crippen LogP contribution in [0.1, 0.15) is 22.5 Å². The van der Waals surface area contributed by atoms with Crippen LogP contribution in [0.2, 0.25) is 0 Å². The summed E-state index contributed by atoms with van der Waals surface area (Å²) in [6.07, 6.45) is 2.42. The lowest BCUT2D eigenvalue weighted by Gasteiger charge is -2.06. The summed E-state index contributed by atoms with van der Waals surface area (Å²) in [5.74, 6) is 0.0160. The largest absolute Gasteiger partial charge is 0.383 e. The highest BCUT2D eigenvalue weighted by Crippen LogP contribution is 2.22. The van der Waals surface area contributed by atoms with Crippen molar-refractivity contribution in [1.82, 2.24) is 19.7 Å². The highest BCUT2D eigenvalue weighted by Gasteiger charge is 2.14. The van der Waals surface area contributed by atoms with Gasteiger partial charge in [0.1, 0.15) is 0 Å². The van der Waals surface area contributed by atoms with Gasteiger partial charge in [-0.15, -0.1) is 0 Å². The standard InChI is InChI=1S/C20H26N4O2/c1-14-18(15(2)23(3)22-14)12-21-20(25)11-16-13-24(9-10-26-4)19-8-6-5-7-17(16)19/h5-8,13H,9-12H2,1-4H3,(H,21,25). The van der Waals surface area contributed by atoms with Crippen molar-refractivity contribution in [2.45, 2.75) is 33.4 Å². The van der Waals surface area contributed by atoms with Gasteiger partial charge < -0.3 is 14.6 Å². The van der Waals surface area contributed by atoms with Crippen molar-refractivity contribution < 1.29 is 9.53 Å². The molecule has 0 atom stereocenters. The minimum absolute atomic E-state index is 0.0160. The molecule has 2 aromatic heterocycles. The molecule has 0 aliphatic rings. The SMILES string of the molecule is COCCn1cc(CC(=O)NCc2c(C)nn(C)c2C)c2ccccc21. The molecule has 0 bridgehead atoms. The summed E-state index contributed by atoms with van der Waals surface area (Å²) in [4.78, 5) is 12.5. The van der Waals surface area contributed by atoms with E-state index in [1.165, 1.54) is 0 Å². The third-order valence-corrected chi connectivity index (χ3v) is 4.88. The molecule has 1 amide bonds. The third kappa shape index (κ3) is 3.65. The molecule has 1 aromatic carbocycles. The summed E-state index contributed by atoms with van der Waals surface area (Å²) in [6.45, 7) is 5.91. The maximum absolute atomic E-state index is 12.5. The van der Waals surface area contributed by atoms with Crippen LogP contribution in [0.4, 0.5) is 0 Å². The van der Waals surface area contributed by atoms with E-state index in [4.69, 9.17) is 4.74 Å². The molecule has 3 aromatic rings. The Bertz CT molecular complexity index is 923. The minimum Gasteiger partial charge on any atom is -0.383 e. The third-order valence-electron chi connectivity index (χ3n) is 4.88. The fraction of sp³-hybridized carbons (Fsp3) is 0.400. The van der Waals surface area contributed by atoms with Gasteiger partial charge in [0.25, 0.3) is 0 Å². The number of carbonyl (C=O) groups is 1. The molecule has 0 unspecified atom stereocenters. The number of hydrogen-bond acceptors (Lipinski definition) is 3. The van der Waals surface area contributed by atoms with E-state index in [-0.39, 0.29) is 5.91 Å². The first-order valence-electron chi connectivity index (χ1n) is 8.82. The number of aromatic nitrogens is 3. The number of nitrogens with zero attached hydrogens (tertiary/aromatic N) is 3. The average molecular weight is 354 g/mol. The molecule has 0 aliphatic heterocycles. The van der Waals surface area contributed by atoms with Crippen molar-refractivity contribution in [1.29, 1.82) is 0 Å². The summed E-state index contributed by atoms with van der Waals surface area (Å²) in [5.41, 5.74) is 5.30. The van der Waals surface area contributed by atoms with Gasteiger partial charge in [-0.05, 0) is 25.5 Å². The number of nitrogens with one attached hydrogen (secondary N) is 1. The summed E-state index contributed by atoms with van der Waals surface area (Å²) in [5, 5.41) is 8.55. The van der Waals surface area contributed by atoms with Crippen LogP contribution in [0.15, 0.2) is 30.5 Å². The van der Waals surface area contributed by atoms with Crippen molar-refractivity contribution in [3.63, 3.8) is 0 Å². The number of fused-ring (bicyclic) bond motifs is 1. The van der Waals surface area contributed by atoms with Crippen LogP contribution in [0.5, 0.6) is 0 Å². The first kappa shape index (κ1) is 18.2. The van der Waals surface area contributed by atoms with E-state index >= 15 is 0 Å². The van der Waals surface area contributed by atoms with E-state index in [0.717, 1.165) is 40.0 Å². The molecule has 1 N–H and O–H groups in total. The Morgan fingerprint density at radius 2 is 2.04 bits per heavy atom. The van der Waals surface area contributed by atoms with Gasteiger partial charge in [0.05, 0.1) is 18.7 Å². The lowest BCUT2D eigenvalue weighted by molar-refractivity contribution is -0.120. The molecular formula is C20H26N4O2. The van der Waals surface area contributed by atoms with Crippen LogP contribution in [0, 0.1) is 13.8 Å². The number of para-hydroxylation sites is 1. The molecule has 0 radical (unpaired) electrons. The van der Waals surface area contributed by atoms with E-state index in [0.29, 0.717) is 19.6 Å². The van der Waals surface area contributed by atoms with Gasteiger partial charge in [-0.2, -0.15) is 5.10 Å². The zero-order chi connectivity index (χ0) is 18.7. The second-order valence-electron chi connectivity index (χ2n) is 6.58. The summed E-state index contributed by atoms with van der Waals surface area (Å²) in [6, 6.07) is 8.17. The number of ether oxygens (including phenoxy) is 1. The molecule has 0 saturated carbocycles. The number of benzene rings is 1. The van der Waals surface area contributed by atoms with E-state index in [1.807, 2.05) is 37.7 Å². The Balaban J connectivity index is 1.73. The number of hydrogen-bond donors (Lipinski definition) is 1. The van der Waals surface area contributed by atoms with Crippen LogP contribution in [-0.4, -0.2) is 34.0 Å². The number of rotatable bonds is 7. The van der Waals surface area contributed by atoms with Crippen molar-refractivity contribution in [2.75, 3.05) is 13.7 Å².